The molecule has 180 valence electrons. The molecule has 0 aliphatic rings. The summed E-state index contributed by atoms with van der Waals surface area (Å²) in [5, 5.41) is 3.42. The average Bonchev–Trinajstić information content (AvgIpc) is 2.80. The van der Waals surface area contributed by atoms with Gasteiger partial charge in [0.25, 0.3) is 0 Å². The zero-order valence-electron chi connectivity index (χ0n) is 18.8. The number of benzene rings is 3. The second kappa shape index (κ2) is 11.1. The Morgan fingerprint density at radius 3 is 2.29 bits per heavy atom. The fraction of sp³-hybridized carbons (Fsp3) is 0.208. The summed E-state index contributed by atoms with van der Waals surface area (Å²) in [7, 11) is -1.07. The first kappa shape index (κ1) is 25.8. The summed E-state index contributed by atoms with van der Waals surface area (Å²) in [5.41, 5.74) is 1.77. The summed E-state index contributed by atoms with van der Waals surface area (Å²) >= 11 is 12.3. The molecular formula is C24H24Cl2N2O5S. The first-order valence-electron chi connectivity index (χ1n) is 10.2. The normalized spacial score (nSPS) is 11.4. The van der Waals surface area contributed by atoms with Gasteiger partial charge in [-0.25, -0.2) is 8.42 Å². The van der Waals surface area contributed by atoms with E-state index in [2.05, 4.69) is 5.32 Å². The van der Waals surface area contributed by atoms with Gasteiger partial charge < -0.3 is 14.8 Å². The first-order chi connectivity index (χ1) is 16.1. The molecule has 0 aliphatic carbocycles. The van der Waals surface area contributed by atoms with Gasteiger partial charge in [0.2, 0.25) is 15.9 Å². The number of anilines is 1. The molecule has 3 aromatic rings. The molecule has 0 fully saturated rings. The van der Waals surface area contributed by atoms with E-state index in [-0.39, 0.29) is 11.4 Å². The number of ether oxygens (including phenoxy) is 2. The van der Waals surface area contributed by atoms with E-state index >= 15 is 0 Å². The van der Waals surface area contributed by atoms with Gasteiger partial charge in [0.15, 0.2) is 0 Å². The lowest BCUT2D eigenvalue weighted by molar-refractivity contribution is -0.116. The number of halogens is 2. The van der Waals surface area contributed by atoms with E-state index in [1.165, 1.54) is 32.4 Å². The van der Waals surface area contributed by atoms with E-state index in [4.69, 9.17) is 32.7 Å². The van der Waals surface area contributed by atoms with Crippen LogP contribution in [0.3, 0.4) is 0 Å². The van der Waals surface area contributed by atoms with Crippen LogP contribution in [0, 0.1) is 6.92 Å². The molecule has 3 aromatic carbocycles. The molecule has 0 saturated carbocycles. The maximum absolute atomic E-state index is 13.5. The van der Waals surface area contributed by atoms with Crippen molar-refractivity contribution >= 4 is 44.8 Å². The van der Waals surface area contributed by atoms with Crippen LogP contribution < -0.4 is 14.8 Å². The molecule has 0 saturated heterocycles. The Hall–Kier alpha value is -2.78. The van der Waals surface area contributed by atoms with Crippen LogP contribution in [0.15, 0.2) is 65.6 Å². The molecule has 0 unspecified atom stereocenters. The smallest absolute Gasteiger partial charge is 0.243 e. The fourth-order valence-corrected chi connectivity index (χ4v) is 5.03. The number of hydrogen-bond donors (Lipinski definition) is 1. The van der Waals surface area contributed by atoms with E-state index in [1.54, 1.807) is 42.5 Å². The van der Waals surface area contributed by atoms with Gasteiger partial charge >= 0.3 is 0 Å². The third kappa shape index (κ3) is 6.21. The zero-order valence-corrected chi connectivity index (χ0v) is 21.2. The standard InChI is InChI=1S/C24H24Cl2N2O5S/c1-16-4-9-20(10-5-16)34(30,31)28(14-17-6-7-18(25)12-21(17)26)15-24(29)27-22-13-19(32-2)8-11-23(22)33-3/h4-13H,14-15H2,1-3H3,(H,27,29). The van der Waals surface area contributed by atoms with Crippen molar-refractivity contribution in [1.29, 1.82) is 0 Å². The SMILES string of the molecule is COc1ccc(OC)c(NC(=O)CN(Cc2ccc(Cl)cc2Cl)S(=O)(=O)c2ccc(C)cc2)c1. The van der Waals surface area contributed by atoms with Crippen molar-refractivity contribution in [3.63, 3.8) is 0 Å². The van der Waals surface area contributed by atoms with Gasteiger partial charge in [-0.05, 0) is 48.9 Å². The lowest BCUT2D eigenvalue weighted by atomic mass is 10.2. The van der Waals surface area contributed by atoms with Crippen molar-refractivity contribution in [2.45, 2.75) is 18.4 Å². The van der Waals surface area contributed by atoms with Crippen LogP contribution in [0.4, 0.5) is 5.69 Å². The molecule has 0 spiro atoms. The van der Waals surface area contributed by atoms with Crippen molar-refractivity contribution in [3.8, 4) is 11.5 Å². The van der Waals surface area contributed by atoms with Gasteiger partial charge in [-0.15, -0.1) is 0 Å². The second-order valence-electron chi connectivity index (χ2n) is 7.44. The minimum atomic E-state index is -4.03. The van der Waals surface area contributed by atoms with Crippen molar-refractivity contribution < 1.29 is 22.7 Å². The predicted molar refractivity (Wildman–Crippen MR) is 133 cm³/mol. The molecule has 1 amide bonds. The highest BCUT2D eigenvalue weighted by molar-refractivity contribution is 7.89. The molecule has 0 aromatic heterocycles. The number of hydrogen-bond acceptors (Lipinski definition) is 5. The molecule has 0 aliphatic heterocycles. The maximum atomic E-state index is 13.5. The first-order valence-corrected chi connectivity index (χ1v) is 12.4. The number of carbonyl (C=O) groups excluding carboxylic acids is 1. The van der Waals surface area contributed by atoms with Crippen molar-refractivity contribution in [1.82, 2.24) is 4.31 Å². The number of sulfonamides is 1. The Labute approximate surface area is 209 Å². The van der Waals surface area contributed by atoms with Gasteiger partial charge in [-0.1, -0.05) is 47.0 Å². The lowest BCUT2D eigenvalue weighted by Gasteiger charge is -2.23. The van der Waals surface area contributed by atoms with Gasteiger partial charge in [0, 0.05) is 22.7 Å². The van der Waals surface area contributed by atoms with Crippen LogP contribution in [0.1, 0.15) is 11.1 Å². The van der Waals surface area contributed by atoms with Gasteiger partial charge in [0.05, 0.1) is 31.3 Å². The Kier molecular flexibility index (Phi) is 8.43. The molecule has 0 atom stereocenters. The third-order valence-corrected chi connectivity index (χ3v) is 7.41. The number of amides is 1. The second-order valence-corrected chi connectivity index (χ2v) is 10.2. The Bertz CT molecular complexity index is 1280. The van der Waals surface area contributed by atoms with Crippen LogP contribution in [0.5, 0.6) is 11.5 Å². The molecular weight excluding hydrogens is 499 g/mol. The number of rotatable bonds is 9. The van der Waals surface area contributed by atoms with Crippen molar-refractivity contribution in [3.05, 3.63) is 81.8 Å². The van der Waals surface area contributed by atoms with E-state index in [0.717, 1.165) is 9.87 Å². The zero-order chi connectivity index (χ0) is 24.9. The molecule has 0 heterocycles. The minimum absolute atomic E-state index is 0.0648. The highest BCUT2D eigenvalue weighted by Crippen LogP contribution is 2.29. The van der Waals surface area contributed by atoms with Gasteiger partial charge in [-0.2, -0.15) is 4.31 Å². The number of nitrogens with zero attached hydrogens (tertiary/aromatic N) is 1. The number of carbonyl (C=O) groups is 1. The summed E-state index contributed by atoms with van der Waals surface area (Å²) < 4.78 is 38.5. The van der Waals surface area contributed by atoms with Crippen LogP contribution >= 0.6 is 23.2 Å². The average molecular weight is 523 g/mol. The highest BCUT2D eigenvalue weighted by atomic mass is 35.5. The van der Waals surface area contributed by atoms with Crippen LogP contribution in [-0.2, 0) is 21.4 Å². The summed E-state index contributed by atoms with van der Waals surface area (Å²) in [4.78, 5) is 13.0. The van der Waals surface area contributed by atoms with Crippen molar-refractivity contribution in [2.24, 2.45) is 0 Å². The van der Waals surface area contributed by atoms with Crippen molar-refractivity contribution in [2.75, 3.05) is 26.1 Å². The largest absolute Gasteiger partial charge is 0.497 e. The minimum Gasteiger partial charge on any atom is -0.497 e. The molecule has 0 radical (unpaired) electrons. The highest BCUT2D eigenvalue weighted by Gasteiger charge is 2.28. The molecule has 34 heavy (non-hydrogen) atoms. The number of aryl methyl sites for hydroxylation is 1. The molecule has 1 N–H and O–H groups in total. The van der Waals surface area contributed by atoms with Gasteiger partial charge in [0.1, 0.15) is 11.5 Å². The summed E-state index contributed by atoms with van der Waals surface area (Å²) in [5.74, 6) is 0.350. The molecule has 0 bridgehead atoms. The summed E-state index contributed by atoms with van der Waals surface area (Å²) in [6.07, 6.45) is 0. The molecule has 10 heteroatoms. The Morgan fingerprint density at radius 1 is 0.971 bits per heavy atom. The topological polar surface area (TPSA) is 84.9 Å². The van der Waals surface area contributed by atoms with E-state index in [9.17, 15) is 13.2 Å². The Morgan fingerprint density at radius 2 is 1.68 bits per heavy atom. The van der Waals surface area contributed by atoms with E-state index < -0.39 is 22.5 Å². The maximum Gasteiger partial charge on any atom is 0.243 e. The predicted octanol–water partition coefficient (Wildman–Crippen LogP) is 5.15. The van der Waals surface area contributed by atoms with Crippen LogP contribution in [-0.4, -0.2) is 39.4 Å². The van der Waals surface area contributed by atoms with Crippen LogP contribution in [0.25, 0.3) is 0 Å². The fourth-order valence-electron chi connectivity index (χ4n) is 3.19. The van der Waals surface area contributed by atoms with Gasteiger partial charge in [-0.3, -0.25) is 4.79 Å². The number of methoxy groups -OCH3 is 2. The summed E-state index contributed by atoms with van der Waals surface area (Å²) in [6, 6.07) is 16.1. The lowest BCUT2D eigenvalue weighted by Crippen LogP contribution is -2.37. The number of nitrogens with one attached hydrogen (secondary N) is 1. The van der Waals surface area contributed by atoms with Crippen LogP contribution in [0.2, 0.25) is 10.0 Å². The summed E-state index contributed by atoms with van der Waals surface area (Å²) in [6.45, 7) is 1.26. The molecule has 3 rings (SSSR count). The van der Waals surface area contributed by atoms with E-state index in [0.29, 0.717) is 32.8 Å². The molecule has 7 nitrogen and oxygen atoms in total. The Balaban J connectivity index is 1.93. The monoisotopic (exact) mass is 522 g/mol. The quantitative estimate of drug-likeness (QED) is 0.420. The third-order valence-electron chi connectivity index (χ3n) is 5.02. The van der Waals surface area contributed by atoms with E-state index in [1.807, 2.05) is 6.92 Å².